The Hall–Kier alpha value is -2.20. The van der Waals surface area contributed by atoms with Crippen molar-refractivity contribution in [1.82, 2.24) is 24.7 Å². The minimum Gasteiger partial charge on any atom is -0.308 e. The summed E-state index contributed by atoms with van der Waals surface area (Å²) in [6.07, 6.45) is 0.639. The van der Waals surface area contributed by atoms with Crippen LogP contribution in [0.15, 0.2) is 19.8 Å². The van der Waals surface area contributed by atoms with Crippen LogP contribution in [0.4, 0.5) is 5.82 Å². The lowest BCUT2D eigenvalue weighted by Crippen LogP contribution is -2.33. The lowest BCUT2D eigenvalue weighted by atomic mass is 10.3. The average molecular weight is 309 g/mol. The Morgan fingerprint density at radius 2 is 2.05 bits per heavy atom. The van der Waals surface area contributed by atoms with Gasteiger partial charge < -0.3 is 5.43 Å². The molecule has 0 aliphatic rings. The number of rotatable bonds is 4. The van der Waals surface area contributed by atoms with Gasteiger partial charge in [0, 0.05) is 19.0 Å². The maximum Gasteiger partial charge on any atom is 0.339 e. The van der Waals surface area contributed by atoms with Crippen molar-refractivity contribution in [2.75, 3.05) is 5.43 Å². The molecule has 4 N–H and O–H groups in total. The molecule has 0 fully saturated rings. The fraction of sp³-hybridized carbons (Fsp3) is 0.364. The van der Waals surface area contributed by atoms with Crippen LogP contribution in [0.5, 0.6) is 0 Å². The van der Waals surface area contributed by atoms with Gasteiger partial charge in [-0.3, -0.25) is 19.4 Å². The lowest BCUT2D eigenvalue weighted by molar-refractivity contribution is 0.596. The number of aromatic amines is 1. The normalized spacial score (nSPS) is 10.7. The highest BCUT2D eigenvalue weighted by Gasteiger charge is 2.14. The third-order valence-corrected chi connectivity index (χ3v) is 3.87. The number of anilines is 1. The number of H-pyrrole nitrogens is 1. The lowest BCUT2D eigenvalue weighted by Gasteiger charge is -2.11. The standard InChI is InChI=1S/C11H15N7O2S/c1-4-6-13-7(16-12)5(2)10(14-6)21-11-15-8(19)9(20)17-18(11)3/h4,12H2,1-3H3,(H,17,20)(H,13,14,16). The van der Waals surface area contributed by atoms with Gasteiger partial charge in [-0.1, -0.05) is 6.92 Å². The Kier molecular flexibility index (Phi) is 4.38. The van der Waals surface area contributed by atoms with Crippen LogP contribution in [-0.4, -0.2) is 24.7 Å². The maximum atomic E-state index is 11.4. The Balaban J connectivity index is 2.51. The van der Waals surface area contributed by atoms with Crippen LogP contribution in [0.25, 0.3) is 0 Å². The largest absolute Gasteiger partial charge is 0.339 e. The zero-order chi connectivity index (χ0) is 15.6. The van der Waals surface area contributed by atoms with Gasteiger partial charge in [0.25, 0.3) is 0 Å². The summed E-state index contributed by atoms with van der Waals surface area (Å²) in [6.45, 7) is 3.73. The second kappa shape index (κ2) is 6.06. The highest BCUT2D eigenvalue weighted by atomic mass is 32.2. The molecule has 0 atom stereocenters. The molecule has 0 radical (unpaired) electrons. The summed E-state index contributed by atoms with van der Waals surface area (Å²) >= 11 is 1.16. The van der Waals surface area contributed by atoms with E-state index in [1.54, 1.807) is 14.0 Å². The number of hydrogen-bond acceptors (Lipinski definition) is 8. The Morgan fingerprint density at radius 3 is 2.67 bits per heavy atom. The Labute approximate surface area is 124 Å². The van der Waals surface area contributed by atoms with Gasteiger partial charge in [-0.15, -0.1) is 0 Å². The topological polar surface area (TPSA) is 132 Å². The molecule has 0 saturated carbocycles. The highest BCUT2D eigenvalue weighted by molar-refractivity contribution is 7.99. The summed E-state index contributed by atoms with van der Waals surface area (Å²) in [5.74, 6) is 6.57. The molecule has 2 aromatic rings. The molecule has 0 spiro atoms. The van der Waals surface area contributed by atoms with Crippen LogP contribution in [0, 0.1) is 6.92 Å². The number of aromatic nitrogens is 5. The van der Waals surface area contributed by atoms with Gasteiger partial charge >= 0.3 is 11.1 Å². The first-order valence-corrected chi connectivity index (χ1v) is 6.97. The molecule has 0 unspecified atom stereocenters. The fourth-order valence-corrected chi connectivity index (χ4v) is 2.46. The van der Waals surface area contributed by atoms with E-state index < -0.39 is 11.1 Å². The van der Waals surface area contributed by atoms with Crippen molar-refractivity contribution < 1.29 is 0 Å². The van der Waals surface area contributed by atoms with Crippen molar-refractivity contribution in [3.05, 3.63) is 32.1 Å². The summed E-state index contributed by atoms with van der Waals surface area (Å²) in [6, 6.07) is 0. The summed E-state index contributed by atoms with van der Waals surface area (Å²) in [4.78, 5) is 35.0. The van der Waals surface area contributed by atoms with Gasteiger partial charge in [-0.05, 0) is 18.7 Å². The van der Waals surface area contributed by atoms with Gasteiger partial charge in [0.05, 0.1) is 0 Å². The summed E-state index contributed by atoms with van der Waals surface area (Å²) in [7, 11) is 1.59. The molecule has 0 amide bonds. The fourth-order valence-electron chi connectivity index (χ4n) is 1.58. The van der Waals surface area contributed by atoms with Crippen molar-refractivity contribution >= 4 is 17.6 Å². The van der Waals surface area contributed by atoms with Crippen LogP contribution in [0.2, 0.25) is 0 Å². The maximum absolute atomic E-state index is 11.4. The molecule has 0 aliphatic heterocycles. The van der Waals surface area contributed by atoms with Crippen LogP contribution in [-0.2, 0) is 13.5 Å². The van der Waals surface area contributed by atoms with Crippen molar-refractivity contribution in [2.45, 2.75) is 30.5 Å². The van der Waals surface area contributed by atoms with Gasteiger partial charge in [0.15, 0.2) is 5.16 Å². The van der Waals surface area contributed by atoms with E-state index in [2.05, 4.69) is 25.5 Å². The molecule has 0 bridgehead atoms. The van der Waals surface area contributed by atoms with E-state index >= 15 is 0 Å². The predicted molar refractivity (Wildman–Crippen MR) is 78.2 cm³/mol. The van der Waals surface area contributed by atoms with E-state index in [0.29, 0.717) is 28.2 Å². The van der Waals surface area contributed by atoms with Gasteiger partial charge in [0.1, 0.15) is 16.7 Å². The van der Waals surface area contributed by atoms with Crippen molar-refractivity contribution in [1.29, 1.82) is 0 Å². The molecule has 2 rings (SSSR count). The molecule has 112 valence electrons. The van der Waals surface area contributed by atoms with E-state index in [1.807, 2.05) is 6.92 Å². The minimum absolute atomic E-state index is 0.325. The van der Waals surface area contributed by atoms with E-state index in [-0.39, 0.29) is 0 Å². The third-order valence-electron chi connectivity index (χ3n) is 2.74. The monoisotopic (exact) mass is 309 g/mol. The first-order valence-electron chi connectivity index (χ1n) is 6.15. The number of nitrogens with zero attached hydrogens (tertiary/aromatic N) is 4. The Morgan fingerprint density at radius 1 is 1.33 bits per heavy atom. The zero-order valence-corrected chi connectivity index (χ0v) is 12.6. The number of hydrazine groups is 1. The van der Waals surface area contributed by atoms with Crippen LogP contribution >= 0.6 is 11.8 Å². The first-order chi connectivity index (χ1) is 9.96. The summed E-state index contributed by atoms with van der Waals surface area (Å²) < 4.78 is 1.37. The van der Waals surface area contributed by atoms with E-state index in [4.69, 9.17) is 5.84 Å². The third kappa shape index (κ3) is 3.11. The van der Waals surface area contributed by atoms with E-state index in [0.717, 1.165) is 17.3 Å². The molecule has 2 heterocycles. The molecule has 0 aliphatic carbocycles. The molecule has 2 aromatic heterocycles. The number of nitrogen functional groups attached to an aromatic ring is 1. The Bertz CT molecular complexity index is 783. The second-order valence-electron chi connectivity index (χ2n) is 4.22. The highest BCUT2D eigenvalue weighted by Crippen LogP contribution is 2.28. The first kappa shape index (κ1) is 15.2. The summed E-state index contributed by atoms with van der Waals surface area (Å²) in [5.41, 5.74) is 1.65. The quantitative estimate of drug-likeness (QED) is 0.300. The van der Waals surface area contributed by atoms with Crippen LogP contribution in [0.1, 0.15) is 18.3 Å². The predicted octanol–water partition coefficient (Wildman–Crippen LogP) is -0.434. The SMILES string of the molecule is CCc1nc(NN)c(C)c(Sc2nc(=O)c(=O)[nH]n2C)n1. The zero-order valence-electron chi connectivity index (χ0n) is 11.8. The number of hydrogen-bond donors (Lipinski definition) is 3. The molecular weight excluding hydrogens is 294 g/mol. The van der Waals surface area contributed by atoms with Crippen molar-refractivity contribution in [2.24, 2.45) is 12.9 Å². The molecule has 9 nitrogen and oxygen atoms in total. The smallest absolute Gasteiger partial charge is 0.308 e. The molecule has 0 saturated heterocycles. The van der Waals surface area contributed by atoms with Gasteiger partial charge in [-0.2, -0.15) is 4.98 Å². The second-order valence-corrected chi connectivity index (χ2v) is 5.17. The van der Waals surface area contributed by atoms with Gasteiger partial charge in [0.2, 0.25) is 0 Å². The van der Waals surface area contributed by atoms with Crippen LogP contribution < -0.4 is 22.4 Å². The molecule has 10 heteroatoms. The van der Waals surface area contributed by atoms with Crippen molar-refractivity contribution in [3.8, 4) is 0 Å². The molecule has 21 heavy (non-hydrogen) atoms. The molecular formula is C11H15N7O2S. The number of nitrogens with two attached hydrogens (primary N) is 1. The van der Waals surface area contributed by atoms with Crippen LogP contribution in [0.3, 0.4) is 0 Å². The van der Waals surface area contributed by atoms with Gasteiger partial charge in [-0.25, -0.2) is 15.8 Å². The van der Waals surface area contributed by atoms with Crippen molar-refractivity contribution in [3.63, 3.8) is 0 Å². The average Bonchev–Trinajstić information content (AvgIpc) is 2.46. The summed E-state index contributed by atoms with van der Waals surface area (Å²) in [5, 5.41) is 3.33. The number of nitrogens with one attached hydrogen (secondary N) is 2. The molecule has 0 aromatic carbocycles. The van der Waals surface area contributed by atoms with E-state index in [9.17, 15) is 9.59 Å². The number of aryl methyl sites for hydroxylation is 2. The minimum atomic E-state index is -0.838. The van der Waals surface area contributed by atoms with E-state index in [1.165, 1.54) is 4.68 Å².